The van der Waals surface area contributed by atoms with E-state index in [1.165, 1.54) is 0 Å². The molecule has 0 aromatic heterocycles. The van der Waals surface area contributed by atoms with Gasteiger partial charge in [-0.1, -0.05) is 6.92 Å². The average Bonchev–Trinajstić information content (AvgIpc) is 2.49. The molecule has 1 aliphatic rings. The number of carbonyl (C=O) groups excluding carboxylic acids is 2. The normalized spacial score (nSPS) is 21.9. The summed E-state index contributed by atoms with van der Waals surface area (Å²) in [5, 5.41) is 0. The van der Waals surface area contributed by atoms with Gasteiger partial charge in [0.05, 0.1) is 12.5 Å². The van der Waals surface area contributed by atoms with Crippen molar-refractivity contribution >= 4 is 11.8 Å². The van der Waals surface area contributed by atoms with E-state index in [0.29, 0.717) is 6.54 Å². The van der Waals surface area contributed by atoms with E-state index < -0.39 is 0 Å². The lowest BCUT2D eigenvalue weighted by atomic mass is 10.0. The lowest BCUT2D eigenvalue weighted by Gasteiger charge is -2.30. The number of nitrogens with one attached hydrogen (secondary N) is 1. The summed E-state index contributed by atoms with van der Waals surface area (Å²) < 4.78 is 0. The fourth-order valence-corrected chi connectivity index (χ4v) is 2.02. The van der Waals surface area contributed by atoms with Crippen LogP contribution < -0.4 is 11.3 Å². The van der Waals surface area contributed by atoms with Gasteiger partial charge >= 0.3 is 0 Å². The SMILES string of the molecule is CC(C(=O)NN)C(C)N1CCCN(C)C(=O)C1. The molecule has 17 heavy (non-hydrogen) atoms. The molecule has 0 bridgehead atoms. The van der Waals surface area contributed by atoms with Gasteiger partial charge in [0.15, 0.2) is 0 Å². The molecule has 1 heterocycles. The van der Waals surface area contributed by atoms with Gasteiger partial charge < -0.3 is 4.90 Å². The van der Waals surface area contributed by atoms with Crippen molar-refractivity contribution in [3.05, 3.63) is 0 Å². The lowest BCUT2D eigenvalue weighted by Crippen LogP contribution is -2.47. The van der Waals surface area contributed by atoms with E-state index in [1.54, 1.807) is 4.90 Å². The van der Waals surface area contributed by atoms with Crippen LogP contribution in [0.2, 0.25) is 0 Å². The maximum atomic E-state index is 11.7. The van der Waals surface area contributed by atoms with E-state index in [0.717, 1.165) is 19.5 Å². The predicted molar refractivity (Wildman–Crippen MR) is 64.8 cm³/mol. The molecule has 1 fully saturated rings. The number of likely N-dealkylation sites (N-methyl/N-ethyl adjacent to an activating group) is 1. The molecule has 1 aliphatic heterocycles. The molecule has 1 saturated heterocycles. The molecule has 2 unspecified atom stereocenters. The summed E-state index contributed by atoms with van der Waals surface area (Å²) in [6, 6.07) is 0.00833. The first-order valence-electron chi connectivity index (χ1n) is 5.95. The molecule has 1 rings (SSSR count). The summed E-state index contributed by atoms with van der Waals surface area (Å²) in [5.74, 6) is 4.82. The highest BCUT2D eigenvalue weighted by molar-refractivity contribution is 5.79. The third-order valence-electron chi connectivity index (χ3n) is 3.56. The number of nitrogens with zero attached hydrogens (tertiary/aromatic N) is 2. The minimum absolute atomic E-state index is 0.00833. The first kappa shape index (κ1) is 13.9. The summed E-state index contributed by atoms with van der Waals surface area (Å²) in [6.45, 7) is 5.77. The van der Waals surface area contributed by atoms with Gasteiger partial charge in [0, 0.05) is 26.2 Å². The fourth-order valence-electron chi connectivity index (χ4n) is 2.02. The highest BCUT2D eigenvalue weighted by Gasteiger charge is 2.28. The Hall–Kier alpha value is -1.14. The van der Waals surface area contributed by atoms with Crippen molar-refractivity contribution in [3.63, 3.8) is 0 Å². The Morgan fingerprint density at radius 1 is 1.41 bits per heavy atom. The first-order valence-corrected chi connectivity index (χ1v) is 5.95. The zero-order valence-electron chi connectivity index (χ0n) is 10.8. The zero-order valence-corrected chi connectivity index (χ0v) is 10.8. The van der Waals surface area contributed by atoms with Crippen molar-refractivity contribution in [2.45, 2.75) is 26.3 Å². The molecule has 0 aliphatic carbocycles. The largest absolute Gasteiger partial charge is 0.345 e. The van der Waals surface area contributed by atoms with Crippen molar-refractivity contribution in [3.8, 4) is 0 Å². The van der Waals surface area contributed by atoms with Gasteiger partial charge in [-0.25, -0.2) is 5.84 Å². The van der Waals surface area contributed by atoms with Crippen LogP contribution in [-0.4, -0.2) is 54.3 Å². The van der Waals surface area contributed by atoms with Crippen molar-refractivity contribution in [1.29, 1.82) is 0 Å². The van der Waals surface area contributed by atoms with Gasteiger partial charge in [-0.15, -0.1) is 0 Å². The summed E-state index contributed by atoms with van der Waals surface area (Å²) in [4.78, 5) is 27.0. The third kappa shape index (κ3) is 3.41. The number of nitrogens with two attached hydrogens (primary N) is 1. The molecule has 0 saturated carbocycles. The zero-order chi connectivity index (χ0) is 13.0. The minimum atomic E-state index is -0.226. The standard InChI is InChI=1S/C11H22N4O2/c1-8(11(17)13-12)9(2)15-6-4-5-14(3)10(16)7-15/h8-9H,4-7,12H2,1-3H3,(H,13,17). The van der Waals surface area contributed by atoms with Gasteiger partial charge in [0.2, 0.25) is 11.8 Å². The maximum absolute atomic E-state index is 11.7. The Labute approximate surface area is 102 Å². The van der Waals surface area contributed by atoms with Gasteiger partial charge in [0.25, 0.3) is 0 Å². The van der Waals surface area contributed by atoms with Gasteiger partial charge in [0.1, 0.15) is 0 Å². The predicted octanol–water partition coefficient (Wildman–Crippen LogP) is -0.835. The van der Waals surface area contributed by atoms with Crippen LogP contribution in [0.4, 0.5) is 0 Å². The Morgan fingerprint density at radius 3 is 2.65 bits per heavy atom. The van der Waals surface area contributed by atoms with Crippen molar-refractivity contribution in [2.24, 2.45) is 11.8 Å². The second kappa shape index (κ2) is 5.97. The molecule has 3 N–H and O–H groups in total. The summed E-state index contributed by atoms with van der Waals surface area (Å²) in [5.41, 5.74) is 2.16. The first-order chi connectivity index (χ1) is 7.97. The third-order valence-corrected chi connectivity index (χ3v) is 3.56. The van der Waals surface area contributed by atoms with Crippen LogP contribution >= 0.6 is 0 Å². The summed E-state index contributed by atoms with van der Waals surface area (Å²) in [7, 11) is 1.81. The van der Waals surface area contributed by atoms with E-state index in [1.807, 2.05) is 25.8 Å². The number of amides is 2. The van der Waals surface area contributed by atoms with Crippen molar-refractivity contribution in [2.75, 3.05) is 26.7 Å². The van der Waals surface area contributed by atoms with Gasteiger partial charge in [-0.2, -0.15) is 0 Å². The second-order valence-electron chi connectivity index (χ2n) is 4.68. The van der Waals surface area contributed by atoms with Crippen LogP contribution in [0.1, 0.15) is 20.3 Å². The van der Waals surface area contributed by atoms with Crippen LogP contribution in [0.5, 0.6) is 0 Å². The smallest absolute Gasteiger partial charge is 0.238 e. The Morgan fingerprint density at radius 2 is 2.06 bits per heavy atom. The number of hydrogen-bond acceptors (Lipinski definition) is 4. The van der Waals surface area contributed by atoms with Crippen molar-refractivity contribution in [1.82, 2.24) is 15.2 Å². The van der Waals surface area contributed by atoms with Gasteiger partial charge in [-0.3, -0.25) is 19.9 Å². The highest BCUT2D eigenvalue weighted by Crippen LogP contribution is 2.14. The van der Waals surface area contributed by atoms with Crippen molar-refractivity contribution < 1.29 is 9.59 Å². The van der Waals surface area contributed by atoms with Gasteiger partial charge in [-0.05, 0) is 13.3 Å². The second-order valence-corrected chi connectivity index (χ2v) is 4.68. The maximum Gasteiger partial charge on any atom is 0.238 e. The van der Waals surface area contributed by atoms with E-state index in [4.69, 9.17) is 5.84 Å². The number of hydrogen-bond donors (Lipinski definition) is 2. The average molecular weight is 242 g/mol. The fraction of sp³-hybridized carbons (Fsp3) is 0.818. The minimum Gasteiger partial charge on any atom is -0.345 e. The molecule has 6 heteroatoms. The molecular formula is C11H22N4O2. The molecule has 0 spiro atoms. The molecular weight excluding hydrogens is 220 g/mol. The van der Waals surface area contributed by atoms with Crippen LogP contribution in [0.15, 0.2) is 0 Å². The molecule has 98 valence electrons. The van der Waals surface area contributed by atoms with E-state index in [2.05, 4.69) is 5.43 Å². The monoisotopic (exact) mass is 242 g/mol. The van der Waals surface area contributed by atoms with Crippen LogP contribution in [-0.2, 0) is 9.59 Å². The molecule has 2 amide bonds. The van der Waals surface area contributed by atoms with Crippen LogP contribution in [0.3, 0.4) is 0 Å². The molecule has 0 aromatic carbocycles. The van der Waals surface area contributed by atoms with E-state index in [-0.39, 0.29) is 23.8 Å². The number of hydrazine groups is 1. The van der Waals surface area contributed by atoms with Crippen LogP contribution in [0.25, 0.3) is 0 Å². The quantitative estimate of drug-likeness (QED) is 0.384. The van der Waals surface area contributed by atoms with Crippen LogP contribution in [0, 0.1) is 5.92 Å². The van der Waals surface area contributed by atoms with E-state index >= 15 is 0 Å². The lowest BCUT2D eigenvalue weighted by molar-refractivity contribution is -0.132. The molecule has 2 atom stereocenters. The summed E-state index contributed by atoms with van der Waals surface area (Å²) >= 11 is 0. The molecule has 0 aromatic rings. The topological polar surface area (TPSA) is 78.7 Å². The Bertz CT molecular complexity index is 295. The molecule has 0 radical (unpaired) electrons. The Balaban J connectivity index is 2.65. The number of rotatable bonds is 3. The van der Waals surface area contributed by atoms with E-state index in [9.17, 15) is 9.59 Å². The highest BCUT2D eigenvalue weighted by atomic mass is 16.2. The summed E-state index contributed by atoms with van der Waals surface area (Å²) in [6.07, 6.45) is 0.934. The Kier molecular flexibility index (Phi) is 4.89. The number of carbonyl (C=O) groups is 2. The molecule has 6 nitrogen and oxygen atoms in total.